The van der Waals surface area contributed by atoms with Gasteiger partial charge in [0.05, 0.1) is 0 Å². The van der Waals surface area contributed by atoms with E-state index in [0.29, 0.717) is 5.75 Å². The quantitative estimate of drug-likeness (QED) is 0.790. The molecule has 0 bridgehead atoms. The Labute approximate surface area is 98.5 Å². The van der Waals surface area contributed by atoms with Gasteiger partial charge in [-0.05, 0) is 48.8 Å². The fourth-order valence-electron chi connectivity index (χ4n) is 2.40. The first kappa shape index (κ1) is 11.5. The summed E-state index contributed by atoms with van der Waals surface area (Å²) in [4.78, 5) is 0. The molecule has 0 aromatic heterocycles. The van der Waals surface area contributed by atoms with Crippen molar-refractivity contribution in [2.45, 2.75) is 46.0 Å². The molecule has 88 valence electrons. The van der Waals surface area contributed by atoms with E-state index in [9.17, 15) is 5.11 Å². The van der Waals surface area contributed by atoms with E-state index in [4.69, 9.17) is 0 Å². The Bertz CT molecular complexity index is 352. The zero-order valence-electron chi connectivity index (χ0n) is 10.4. The molecule has 1 N–H and O–H groups in total. The maximum absolute atomic E-state index is 9.49. The Morgan fingerprint density at radius 1 is 1.38 bits per heavy atom. The van der Waals surface area contributed by atoms with Crippen molar-refractivity contribution >= 4 is 0 Å². The Hall–Kier alpha value is -0.980. The third-order valence-corrected chi connectivity index (χ3v) is 3.73. The number of aromatic hydroxyl groups is 1. The number of benzene rings is 1. The van der Waals surface area contributed by atoms with E-state index in [0.717, 1.165) is 17.4 Å². The fraction of sp³-hybridized carbons (Fsp3) is 0.600. The van der Waals surface area contributed by atoms with Crippen LogP contribution < -0.4 is 0 Å². The second-order valence-corrected chi connectivity index (χ2v) is 5.28. The van der Waals surface area contributed by atoms with Crippen LogP contribution in [0.1, 0.15) is 43.7 Å². The van der Waals surface area contributed by atoms with Crippen LogP contribution in [0.3, 0.4) is 0 Å². The van der Waals surface area contributed by atoms with Crippen molar-refractivity contribution in [3.8, 4) is 5.75 Å². The molecule has 1 aliphatic rings. The first-order chi connectivity index (χ1) is 7.69. The van der Waals surface area contributed by atoms with Gasteiger partial charge >= 0.3 is 0 Å². The molecule has 2 rings (SSSR count). The first-order valence-corrected chi connectivity index (χ1v) is 6.47. The maximum Gasteiger partial charge on any atom is 0.118 e. The molecule has 0 heterocycles. The Morgan fingerprint density at radius 3 is 2.69 bits per heavy atom. The SMILES string of the molecule is CCC(Cc1ccc(O)c(C)c1)CC1CC1. The van der Waals surface area contributed by atoms with Crippen molar-refractivity contribution in [2.24, 2.45) is 11.8 Å². The molecule has 0 spiro atoms. The molecular formula is C15H22O. The van der Waals surface area contributed by atoms with Gasteiger partial charge in [0.25, 0.3) is 0 Å². The predicted octanol–water partition coefficient (Wildman–Crippen LogP) is 4.07. The molecule has 0 saturated heterocycles. The van der Waals surface area contributed by atoms with E-state index in [1.165, 1.54) is 37.7 Å². The first-order valence-electron chi connectivity index (χ1n) is 6.47. The van der Waals surface area contributed by atoms with Gasteiger partial charge in [-0.25, -0.2) is 0 Å². The van der Waals surface area contributed by atoms with Gasteiger partial charge in [0.2, 0.25) is 0 Å². The molecule has 1 aromatic rings. The van der Waals surface area contributed by atoms with Crippen molar-refractivity contribution < 1.29 is 5.11 Å². The van der Waals surface area contributed by atoms with Crippen LogP contribution in [0.5, 0.6) is 5.75 Å². The lowest BCUT2D eigenvalue weighted by molar-refractivity contribution is 0.439. The monoisotopic (exact) mass is 218 g/mol. The van der Waals surface area contributed by atoms with Gasteiger partial charge in [-0.15, -0.1) is 0 Å². The van der Waals surface area contributed by atoms with Gasteiger partial charge in [-0.3, -0.25) is 0 Å². The van der Waals surface area contributed by atoms with Crippen molar-refractivity contribution in [2.75, 3.05) is 0 Å². The zero-order valence-corrected chi connectivity index (χ0v) is 10.4. The lowest BCUT2D eigenvalue weighted by Crippen LogP contribution is -2.04. The van der Waals surface area contributed by atoms with E-state index >= 15 is 0 Å². The maximum atomic E-state index is 9.49. The van der Waals surface area contributed by atoms with Crippen LogP contribution in [0.2, 0.25) is 0 Å². The summed E-state index contributed by atoms with van der Waals surface area (Å²) in [5.74, 6) is 2.26. The van der Waals surface area contributed by atoms with Crippen LogP contribution in [-0.2, 0) is 6.42 Å². The van der Waals surface area contributed by atoms with Crippen LogP contribution in [0.15, 0.2) is 18.2 Å². The lowest BCUT2D eigenvalue weighted by Gasteiger charge is -2.15. The van der Waals surface area contributed by atoms with Crippen LogP contribution in [0, 0.1) is 18.8 Å². The molecule has 1 heteroatoms. The number of rotatable bonds is 5. The summed E-state index contributed by atoms with van der Waals surface area (Å²) >= 11 is 0. The number of phenolic OH excluding ortho intramolecular Hbond substituents is 1. The van der Waals surface area contributed by atoms with Crippen LogP contribution in [0.4, 0.5) is 0 Å². The van der Waals surface area contributed by atoms with Gasteiger partial charge in [-0.2, -0.15) is 0 Å². The summed E-state index contributed by atoms with van der Waals surface area (Å²) in [6.07, 6.45) is 6.75. The smallest absolute Gasteiger partial charge is 0.118 e. The predicted molar refractivity (Wildman–Crippen MR) is 67.7 cm³/mol. The molecule has 1 aliphatic carbocycles. The molecule has 16 heavy (non-hydrogen) atoms. The van der Waals surface area contributed by atoms with E-state index in [1.807, 2.05) is 13.0 Å². The highest BCUT2D eigenvalue weighted by molar-refractivity contribution is 5.35. The molecule has 0 aliphatic heterocycles. The topological polar surface area (TPSA) is 20.2 Å². The molecular weight excluding hydrogens is 196 g/mol. The third-order valence-electron chi connectivity index (χ3n) is 3.73. The van der Waals surface area contributed by atoms with Gasteiger partial charge < -0.3 is 5.11 Å². The van der Waals surface area contributed by atoms with Crippen LogP contribution >= 0.6 is 0 Å². The summed E-state index contributed by atoms with van der Waals surface area (Å²) in [7, 11) is 0. The summed E-state index contributed by atoms with van der Waals surface area (Å²) in [5, 5.41) is 9.49. The van der Waals surface area contributed by atoms with Crippen LogP contribution in [0.25, 0.3) is 0 Å². The molecule has 1 saturated carbocycles. The van der Waals surface area contributed by atoms with E-state index < -0.39 is 0 Å². The summed E-state index contributed by atoms with van der Waals surface area (Å²) in [5.41, 5.74) is 2.38. The molecule has 1 unspecified atom stereocenters. The van der Waals surface area contributed by atoms with Crippen molar-refractivity contribution in [1.29, 1.82) is 0 Å². The molecule has 1 aromatic carbocycles. The average molecular weight is 218 g/mol. The molecule has 0 amide bonds. The number of hydrogen-bond acceptors (Lipinski definition) is 1. The Morgan fingerprint density at radius 2 is 2.12 bits per heavy atom. The van der Waals surface area contributed by atoms with E-state index in [2.05, 4.69) is 19.1 Å². The molecule has 1 atom stereocenters. The number of hydrogen-bond donors (Lipinski definition) is 1. The van der Waals surface area contributed by atoms with Gasteiger partial charge in [-0.1, -0.05) is 38.3 Å². The van der Waals surface area contributed by atoms with Crippen molar-refractivity contribution in [3.05, 3.63) is 29.3 Å². The van der Waals surface area contributed by atoms with E-state index in [1.54, 1.807) is 0 Å². The summed E-state index contributed by atoms with van der Waals surface area (Å²) in [6, 6.07) is 6.03. The molecule has 1 nitrogen and oxygen atoms in total. The van der Waals surface area contributed by atoms with Crippen LogP contribution in [-0.4, -0.2) is 5.11 Å². The average Bonchev–Trinajstić information content (AvgIpc) is 3.06. The largest absolute Gasteiger partial charge is 0.508 e. The van der Waals surface area contributed by atoms with E-state index in [-0.39, 0.29) is 0 Å². The summed E-state index contributed by atoms with van der Waals surface area (Å²) in [6.45, 7) is 4.26. The molecule has 1 fully saturated rings. The van der Waals surface area contributed by atoms with Gasteiger partial charge in [0.15, 0.2) is 0 Å². The minimum atomic E-state index is 0.416. The van der Waals surface area contributed by atoms with Crippen molar-refractivity contribution in [3.63, 3.8) is 0 Å². The molecule has 0 radical (unpaired) electrons. The van der Waals surface area contributed by atoms with Crippen molar-refractivity contribution in [1.82, 2.24) is 0 Å². The summed E-state index contributed by atoms with van der Waals surface area (Å²) < 4.78 is 0. The minimum absolute atomic E-state index is 0.416. The lowest BCUT2D eigenvalue weighted by atomic mass is 9.91. The second-order valence-electron chi connectivity index (χ2n) is 5.28. The van der Waals surface area contributed by atoms with Gasteiger partial charge in [0, 0.05) is 0 Å². The highest BCUT2D eigenvalue weighted by Gasteiger charge is 2.24. The number of phenols is 1. The normalized spacial score (nSPS) is 17.4. The minimum Gasteiger partial charge on any atom is -0.508 e. The Balaban J connectivity index is 1.97. The number of aryl methyl sites for hydroxylation is 1. The standard InChI is InChI=1S/C15H22O/c1-3-12(9-13-4-5-13)10-14-6-7-15(16)11(2)8-14/h6-8,12-13,16H,3-5,9-10H2,1-2H3. The fourth-order valence-corrected chi connectivity index (χ4v) is 2.40. The highest BCUT2D eigenvalue weighted by atomic mass is 16.3. The Kier molecular flexibility index (Phi) is 3.52. The second kappa shape index (κ2) is 4.90. The van der Waals surface area contributed by atoms with Gasteiger partial charge in [0.1, 0.15) is 5.75 Å². The highest BCUT2D eigenvalue weighted by Crippen LogP contribution is 2.37. The zero-order chi connectivity index (χ0) is 11.5. The third kappa shape index (κ3) is 3.01.